The fourth-order valence-electron chi connectivity index (χ4n) is 2.87. The molecule has 1 aromatic heterocycles. The lowest BCUT2D eigenvalue weighted by Gasteiger charge is -2.26. The van der Waals surface area contributed by atoms with Crippen LogP contribution in [0.2, 0.25) is 0 Å². The normalized spacial score (nSPS) is 16.0. The second-order valence-corrected chi connectivity index (χ2v) is 6.10. The van der Waals surface area contributed by atoms with Gasteiger partial charge in [0.05, 0.1) is 6.61 Å². The van der Waals surface area contributed by atoms with Gasteiger partial charge in [0.15, 0.2) is 5.96 Å². The molecule has 6 heteroatoms. The molecule has 1 fully saturated rings. The van der Waals surface area contributed by atoms with Gasteiger partial charge >= 0.3 is 0 Å². The fourth-order valence-corrected chi connectivity index (χ4v) is 2.87. The number of nitrogens with one attached hydrogen (secondary N) is 1. The summed E-state index contributed by atoms with van der Waals surface area (Å²) in [6.45, 7) is 6.11. The zero-order valence-corrected chi connectivity index (χ0v) is 15.1. The second-order valence-electron chi connectivity index (χ2n) is 6.10. The summed E-state index contributed by atoms with van der Waals surface area (Å²) in [6.07, 6.45) is 5.32. The van der Waals surface area contributed by atoms with Crippen LogP contribution in [-0.4, -0.2) is 56.3 Å². The monoisotopic (exact) mass is 334 g/mol. The van der Waals surface area contributed by atoms with Crippen molar-refractivity contribution in [2.45, 2.75) is 32.7 Å². The van der Waals surface area contributed by atoms with Gasteiger partial charge in [0.1, 0.15) is 0 Å². The molecule has 0 atom stereocenters. The predicted molar refractivity (Wildman–Crippen MR) is 96.4 cm³/mol. The third kappa shape index (κ3) is 6.00. The fraction of sp³-hybridized carbons (Fsp3) is 0.667. The Morgan fingerprint density at radius 3 is 2.96 bits per heavy atom. The molecule has 1 aromatic rings. The van der Waals surface area contributed by atoms with E-state index in [-0.39, 0.29) is 0 Å². The minimum Gasteiger partial charge on any atom is -0.478 e. The quantitative estimate of drug-likeness (QED) is 0.612. The number of hydrogen-bond donors (Lipinski definition) is 1. The van der Waals surface area contributed by atoms with Crippen LogP contribution < -0.4 is 10.1 Å². The Labute approximate surface area is 145 Å². The first-order valence-corrected chi connectivity index (χ1v) is 8.80. The second kappa shape index (κ2) is 10.1. The Kier molecular flexibility index (Phi) is 7.82. The molecule has 0 amide bonds. The summed E-state index contributed by atoms with van der Waals surface area (Å²) < 4.78 is 10.9. The summed E-state index contributed by atoms with van der Waals surface area (Å²) in [7, 11) is 3.91. The molecule has 24 heavy (non-hydrogen) atoms. The molecule has 2 heterocycles. The largest absolute Gasteiger partial charge is 0.478 e. The predicted octanol–water partition coefficient (Wildman–Crippen LogP) is 2.30. The Bertz CT molecular complexity index is 515. The highest BCUT2D eigenvalue weighted by molar-refractivity contribution is 5.79. The molecule has 1 N–H and O–H groups in total. The van der Waals surface area contributed by atoms with Gasteiger partial charge in [-0.1, -0.05) is 0 Å². The number of nitrogens with zero attached hydrogens (tertiary/aromatic N) is 3. The van der Waals surface area contributed by atoms with Crippen LogP contribution in [0.1, 0.15) is 31.7 Å². The van der Waals surface area contributed by atoms with Gasteiger partial charge in [0, 0.05) is 52.7 Å². The Morgan fingerprint density at radius 2 is 2.25 bits per heavy atom. The van der Waals surface area contributed by atoms with E-state index in [1.54, 1.807) is 6.20 Å². The van der Waals surface area contributed by atoms with Crippen molar-refractivity contribution in [1.82, 2.24) is 15.2 Å². The van der Waals surface area contributed by atoms with Crippen LogP contribution in [-0.2, 0) is 11.3 Å². The molecule has 0 saturated carbocycles. The lowest BCUT2D eigenvalue weighted by Crippen LogP contribution is -2.39. The highest BCUT2D eigenvalue weighted by Gasteiger charge is 2.15. The van der Waals surface area contributed by atoms with Gasteiger partial charge in [-0.15, -0.1) is 0 Å². The molecule has 0 aliphatic carbocycles. The van der Waals surface area contributed by atoms with Crippen molar-refractivity contribution in [3.63, 3.8) is 0 Å². The highest BCUT2D eigenvalue weighted by Crippen LogP contribution is 2.18. The van der Waals surface area contributed by atoms with E-state index < -0.39 is 0 Å². The molecule has 2 rings (SSSR count). The van der Waals surface area contributed by atoms with Gasteiger partial charge < -0.3 is 19.7 Å². The molecule has 1 aliphatic heterocycles. The maximum Gasteiger partial charge on any atom is 0.213 e. The maximum absolute atomic E-state index is 5.44. The Hall–Kier alpha value is -1.82. The van der Waals surface area contributed by atoms with E-state index in [4.69, 9.17) is 9.47 Å². The first-order chi connectivity index (χ1) is 11.7. The van der Waals surface area contributed by atoms with Crippen molar-refractivity contribution in [1.29, 1.82) is 0 Å². The van der Waals surface area contributed by atoms with Crippen molar-refractivity contribution in [3.05, 3.63) is 23.9 Å². The standard InChI is InChI=1S/C18H30N4O2/c1-4-24-17-13-16(5-9-20-17)14-21-18(19-2)22(3)10-6-15-7-11-23-12-8-15/h5,9,13,15H,4,6-8,10-12,14H2,1-3H3,(H,19,21). The summed E-state index contributed by atoms with van der Waals surface area (Å²) in [6, 6.07) is 3.95. The van der Waals surface area contributed by atoms with E-state index in [1.807, 2.05) is 26.1 Å². The first-order valence-electron chi connectivity index (χ1n) is 8.80. The van der Waals surface area contributed by atoms with Crippen LogP contribution in [0, 0.1) is 5.92 Å². The van der Waals surface area contributed by atoms with Gasteiger partial charge in [0.2, 0.25) is 5.88 Å². The van der Waals surface area contributed by atoms with Crippen molar-refractivity contribution in [3.8, 4) is 5.88 Å². The number of rotatable bonds is 7. The number of ether oxygens (including phenoxy) is 2. The van der Waals surface area contributed by atoms with E-state index in [1.165, 1.54) is 19.3 Å². The molecule has 1 saturated heterocycles. The first kappa shape index (κ1) is 18.5. The minimum atomic E-state index is 0.625. The highest BCUT2D eigenvalue weighted by atomic mass is 16.5. The zero-order valence-electron chi connectivity index (χ0n) is 15.1. The molecule has 0 radical (unpaired) electrons. The van der Waals surface area contributed by atoms with Crippen LogP contribution in [0.4, 0.5) is 0 Å². The van der Waals surface area contributed by atoms with Crippen molar-refractivity contribution in [2.75, 3.05) is 40.5 Å². The molecule has 0 spiro atoms. The summed E-state index contributed by atoms with van der Waals surface area (Å²) in [4.78, 5) is 10.8. The topological polar surface area (TPSA) is 59.0 Å². The van der Waals surface area contributed by atoms with E-state index in [0.29, 0.717) is 19.0 Å². The van der Waals surface area contributed by atoms with E-state index in [2.05, 4.69) is 27.2 Å². The smallest absolute Gasteiger partial charge is 0.213 e. The molecular formula is C18H30N4O2. The molecule has 0 bridgehead atoms. The van der Waals surface area contributed by atoms with Crippen LogP contribution in [0.3, 0.4) is 0 Å². The minimum absolute atomic E-state index is 0.625. The van der Waals surface area contributed by atoms with Gasteiger partial charge in [-0.3, -0.25) is 4.99 Å². The van der Waals surface area contributed by atoms with E-state index >= 15 is 0 Å². The molecule has 1 aliphatic rings. The van der Waals surface area contributed by atoms with Gasteiger partial charge in [-0.25, -0.2) is 4.98 Å². The summed E-state index contributed by atoms with van der Waals surface area (Å²) >= 11 is 0. The van der Waals surface area contributed by atoms with E-state index in [9.17, 15) is 0 Å². The molecule has 6 nitrogen and oxygen atoms in total. The summed E-state index contributed by atoms with van der Waals surface area (Å²) in [5, 5.41) is 3.41. The lowest BCUT2D eigenvalue weighted by atomic mass is 9.96. The van der Waals surface area contributed by atoms with Crippen LogP contribution in [0.15, 0.2) is 23.3 Å². The molecule has 134 valence electrons. The summed E-state index contributed by atoms with van der Waals surface area (Å²) in [5.41, 5.74) is 1.13. The molecule has 0 aromatic carbocycles. The van der Waals surface area contributed by atoms with Gasteiger partial charge in [0.25, 0.3) is 0 Å². The van der Waals surface area contributed by atoms with Gasteiger partial charge in [-0.2, -0.15) is 0 Å². The van der Waals surface area contributed by atoms with Crippen LogP contribution in [0.25, 0.3) is 0 Å². The van der Waals surface area contributed by atoms with Crippen LogP contribution in [0.5, 0.6) is 5.88 Å². The number of guanidine groups is 1. The number of aromatic nitrogens is 1. The van der Waals surface area contributed by atoms with Gasteiger partial charge in [-0.05, 0) is 43.7 Å². The van der Waals surface area contributed by atoms with E-state index in [0.717, 1.165) is 37.2 Å². The maximum atomic E-state index is 5.44. The average Bonchev–Trinajstić information content (AvgIpc) is 2.62. The van der Waals surface area contributed by atoms with Crippen LogP contribution >= 0.6 is 0 Å². The number of pyridine rings is 1. The number of aliphatic imine (C=N–C) groups is 1. The third-order valence-corrected chi connectivity index (χ3v) is 4.33. The third-order valence-electron chi connectivity index (χ3n) is 4.33. The average molecular weight is 334 g/mol. The lowest BCUT2D eigenvalue weighted by molar-refractivity contribution is 0.0625. The Balaban J connectivity index is 1.79. The van der Waals surface area contributed by atoms with Crippen molar-refractivity contribution >= 4 is 5.96 Å². The molecular weight excluding hydrogens is 304 g/mol. The zero-order chi connectivity index (χ0) is 17.2. The Morgan fingerprint density at radius 1 is 1.46 bits per heavy atom. The van der Waals surface area contributed by atoms with Crippen molar-refractivity contribution in [2.24, 2.45) is 10.9 Å². The SMILES string of the molecule is CCOc1cc(CNC(=NC)N(C)CCC2CCOCC2)ccn1. The van der Waals surface area contributed by atoms with Crippen molar-refractivity contribution < 1.29 is 9.47 Å². The molecule has 0 unspecified atom stereocenters. The number of hydrogen-bond acceptors (Lipinski definition) is 4. The summed E-state index contributed by atoms with van der Waals surface area (Å²) in [5.74, 6) is 2.35.